The topological polar surface area (TPSA) is 81.4 Å². The van der Waals surface area contributed by atoms with Gasteiger partial charge in [-0.3, -0.25) is 9.59 Å². The highest BCUT2D eigenvalue weighted by Crippen LogP contribution is 2.33. The number of ether oxygens (including phenoxy) is 1. The van der Waals surface area contributed by atoms with Crippen LogP contribution < -0.4 is 10.2 Å². The van der Waals surface area contributed by atoms with Crippen LogP contribution in [0.1, 0.15) is 55.2 Å². The molecule has 0 spiro atoms. The summed E-state index contributed by atoms with van der Waals surface area (Å²) in [5, 5.41) is 10.2. The first kappa shape index (κ1) is 25.4. The second-order valence-electron chi connectivity index (χ2n) is 9.28. The van der Waals surface area contributed by atoms with Crippen molar-refractivity contribution < 1.29 is 27.8 Å². The average Bonchev–Trinajstić information content (AvgIpc) is 2.73. The van der Waals surface area contributed by atoms with Crippen LogP contribution in [0.15, 0.2) is 29.2 Å². The van der Waals surface area contributed by atoms with Gasteiger partial charge in [0.1, 0.15) is 23.1 Å². The second kappa shape index (κ2) is 9.58. The molecule has 0 saturated heterocycles. The highest BCUT2D eigenvalue weighted by atomic mass is 19.1. The molecular weight excluding hydrogens is 449 g/mol. The molecule has 1 aromatic carbocycles. The molecule has 34 heavy (non-hydrogen) atoms. The lowest BCUT2D eigenvalue weighted by Crippen LogP contribution is -2.30. The number of carbonyl (C=O) groups is 1. The number of aliphatic hydroxyl groups is 1. The summed E-state index contributed by atoms with van der Waals surface area (Å²) in [5.41, 5.74) is -0.756. The molecule has 3 rings (SSSR count). The predicted octanol–water partition coefficient (Wildman–Crippen LogP) is 4.39. The molecule has 0 fully saturated rings. The van der Waals surface area contributed by atoms with Gasteiger partial charge in [-0.05, 0) is 31.2 Å². The van der Waals surface area contributed by atoms with E-state index in [1.54, 1.807) is 4.57 Å². The number of ketones is 1. The first-order chi connectivity index (χ1) is 15.9. The SMILES string of the molecule is COc1nc2c(cc1CCc1c(F)cc(F)cc1F)c(=O)c(C(C)=O)cn2[C@H](CO)C(C)(C)C. The molecule has 0 aliphatic rings. The van der Waals surface area contributed by atoms with Crippen LogP contribution in [0.5, 0.6) is 5.88 Å². The molecule has 2 aromatic heterocycles. The zero-order valence-corrected chi connectivity index (χ0v) is 19.7. The van der Waals surface area contributed by atoms with Crippen LogP contribution in [0.2, 0.25) is 0 Å². The molecule has 0 bridgehead atoms. The summed E-state index contributed by atoms with van der Waals surface area (Å²) in [6, 6.07) is 2.18. The van der Waals surface area contributed by atoms with Crippen molar-refractivity contribution in [2.24, 2.45) is 5.41 Å². The van der Waals surface area contributed by atoms with Crippen molar-refractivity contribution in [2.45, 2.75) is 46.6 Å². The Kier molecular flexibility index (Phi) is 7.16. The van der Waals surface area contributed by atoms with Gasteiger partial charge in [0.05, 0.1) is 30.7 Å². The molecule has 1 N–H and O–H groups in total. The molecule has 0 radical (unpaired) electrons. The Morgan fingerprint density at radius 2 is 1.76 bits per heavy atom. The lowest BCUT2D eigenvalue weighted by molar-refractivity contribution is 0.101. The fraction of sp³-hybridized carbons (Fsp3) is 0.400. The van der Waals surface area contributed by atoms with Crippen molar-refractivity contribution in [3.63, 3.8) is 0 Å². The van der Waals surface area contributed by atoms with Crippen molar-refractivity contribution >= 4 is 16.8 Å². The Morgan fingerprint density at radius 1 is 1.15 bits per heavy atom. The molecule has 0 saturated carbocycles. The largest absolute Gasteiger partial charge is 0.481 e. The monoisotopic (exact) mass is 476 g/mol. The average molecular weight is 476 g/mol. The lowest BCUT2D eigenvalue weighted by atomic mass is 9.86. The number of methoxy groups -OCH3 is 1. The van der Waals surface area contributed by atoms with Crippen LogP contribution in [0, 0.1) is 22.9 Å². The summed E-state index contributed by atoms with van der Waals surface area (Å²) in [5.74, 6) is -3.35. The van der Waals surface area contributed by atoms with E-state index in [1.165, 1.54) is 26.3 Å². The quantitative estimate of drug-likeness (QED) is 0.512. The molecule has 182 valence electrons. The van der Waals surface area contributed by atoms with E-state index in [9.17, 15) is 27.9 Å². The number of nitrogens with zero attached hydrogens (tertiary/aromatic N) is 2. The number of hydrogen-bond donors (Lipinski definition) is 1. The van der Waals surface area contributed by atoms with E-state index in [2.05, 4.69) is 4.98 Å². The Balaban J connectivity index is 2.22. The number of aliphatic hydroxyl groups excluding tert-OH is 1. The Hall–Kier alpha value is -3.20. The Morgan fingerprint density at radius 3 is 2.26 bits per heavy atom. The predicted molar refractivity (Wildman–Crippen MR) is 122 cm³/mol. The number of aryl methyl sites for hydroxylation is 1. The van der Waals surface area contributed by atoms with Crippen LogP contribution in [-0.2, 0) is 12.8 Å². The van der Waals surface area contributed by atoms with Crippen molar-refractivity contribution in [3.05, 3.63) is 68.8 Å². The fourth-order valence-corrected chi connectivity index (χ4v) is 3.99. The maximum Gasteiger partial charge on any atom is 0.218 e. The smallest absolute Gasteiger partial charge is 0.218 e. The highest BCUT2D eigenvalue weighted by molar-refractivity contribution is 5.96. The van der Waals surface area contributed by atoms with Gasteiger partial charge < -0.3 is 14.4 Å². The van der Waals surface area contributed by atoms with Crippen molar-refractivity contribution in [1.82, 2.24) is 9.55 Å². The summed E-state index contributed by atoms with van der Waals surface area (Å²) in [6.07, 6.45) is 1.30. The number of Topliss-reactive ketones (excluding diaryl/α,β-unsaturated/α-hetero) is 1. The minimum absolute atomic E-state index is 0.0397. The second-order valence-corrected chi connectivity index (χ2v) is 9.28. The maximum atomic E-state index is 14.1. The first-order valence-corrected chi connectivity index (χ1v) is 10.8. The normalized spacial score (nSPS) is 12.7. The summed E-state index contributed by atoms with van der Waals surface area (Å²) in [7, 11) is 1.37. The minimum atomic E-state index is -1.02. The number of pyridine rings is 2. The van der Waals surface area contributed by atoms with Crippen LogP contribution in [0.25, 0.3) is 11.0 Å². The van der Waals surface area contributed by atoms with Gasteiger partial charge >= 0.3 is 0 Å². The van der Waals surface area contributed by atoms with E-state index in [0.717, 1.165) is 0 Å². The molecular formula is C25H27F3N2O4. The van der Waals surface area contributed by atoms with Gasteiger partial charge in [-0.15, -0.1) is 0 Å². The van der Waals surface area contributed by atoms with Gasteiger partial charge in [0.15, 0.2) is 5.78 Å². The van der Waals surface area contributed by atoms with Gasteiger partial charge in [-0.2, -0.15) is 4.98 Å². The van der Waals surface area contributed by atoms with Crippen molar-refractivity contribution in [3.8, 4) is 5.88 Å². The third-order valence-electron chi connectivity index (χ3n) is 5.87. The van der Waals surface area contributed by atoms with Gasteiger partial charge in [-0.25, -0.2) is 13.2 Å². The van der Waals surface area contributed by atoms with Crippen LogP contribution in [-0.4, -0.2) is 34.2 Å². The van der Waals surface area contributed by atoms with E-state index in [4.69, 9.17) is 4.74 Å². The van der Waals surface area contributed by atoms with Gasteiger partial charge in [0.25, 0.3) is 0 Å². The molecule has 1 atom stereocenters. The molecule has 0 unspecified atom stereocenters. The van der Waals surface area contributed by atoms with Gasteiger partial charge in [0, 0.05) is 29.5 Å². The van der Waals surface area contributed by atoms with E-state index in [0.29, 0.717) is 17.7 Å². The fourth-order valence-electron chi connectivity index (χ4n) is 3.99. The summed E-state index contributed by atoms with van der Waals surface area (Å²) in [4.78, 5) is 29.8. The van der Waals surface area contributed by atoms with Crippen molar-refractivity contribution in [2.75, 3.05) is 13.7 Å². The first-order valence-electron chi connectivity index (χ1n) is 10.8. The van der Waals surface area contributed by atoms with E-state index in [1.807, 2.05) is 20.8 Å². The van der Waals surface area contributed by atoms with E-state index in [-0.39, 0.29) is 47.5 Å². The molecule has 2 heterocycles. The maximum absolute atomic E-state index is 14.1. The standard InChI is InChI=1S/C25H27F3N2O4/c1-13(32)18-11-30(21(12-31)25(2,3)4)23-17(22(18)33)8-14(24(29-23)34-5)6-7-16-19(27)9-15(26)10-20(16)28/h8-11,21,31H,6-7,12H2,1-5H3/t21-/m1/s1. The Bertz CT molecular complexity index is 1290. The minimum Gasteiger partial charge on any atom is -0.481 e. The highest BCUT2D eigenvalue weighted by Gasteiger charge is 2.29. The molecule has 0 amide bonds. The molecule has 3 aromatic rings. The zero-order valence-electron chi connectivity index (χ0n) is 19.7. The van der Waals surface area contributed by atoms with Crippen LogP contribution in [0.3, 0.4) is 0 Å². The number of rotatable bonds is 7. The number of benzene rings is 1. The van der Waals surface area contributed by atoms with Gasteiger partial charge in [0.2, 0.25) is 11.3 Å². The number of hydrogen-bond acceptors (Lipinski definition) is 5. The number of carbonyl (C=O) groups excluding carboxylic acids is 1. The summed E-state index contributed by atoms with van der Waals surface area (Å²) >= 11 is 0. The number of aromatic nitrogens is 2. The van der Waals surface area contributed by atoms with Crippen LogP contribution >= 0.6 is 0 Å². The third kappa shape index (κ3) is 4.84. The van der Waals surface area contributed by atoms with Crippen LogP contribution in [0.4, 0.5) is 13.2 Å². The molecule has 0 aliphatic heterocycles. The summed E-state index contributed by atoms with van der Waals surface area (Å²) < 4.78 is 48.4. The molecule has 6 nitrogen and oxygen atoms in total. The number of halogens is 3. The Labute approximate surface area is 195 Å². The number of fused-ring (bicyclic) bond motifs is 1. The lowest BCUT2D eigenvalue weighted by Gasteiger charge is -2.32. The summed E-state index contributed by atoms with van der Waals surface area (Å²) in [6.45, 7) is 6.72. The van der Waals surface area contributed by atoms with Crippen molar-refractivity contribution in [1.29, 1.82) is 0 Å². The third-order valence-corrected chi connectivity index (χ3v) is 5.87. The molecule has 9 heteroatoms. The van der Waals surface area contributed by atoms with E-state index >= 15 is 0 Å². The zero-order chi connectivity index (χ0) is 25.4. The molecule has 0 aliphatic carbocycles. The van der Waals surface area contributed by atoms with E-state index < -0.39 is 40.1 Å². The van der Waals surface area contributed by atoms with Gasteiger partial charge in [-0.1, -0.05) is 20.8 Å².